The molecule has 0 spiro atoms. The highest BCUT2D eigenvalue weighted by Gasteiger charge is 2.30. The van der Waals surface area contributed by atoms with Crippen LogP contribution in [0.5, 0.6) is 11.5 Å². The first-order chi connectivity index (χ1) is 12.6. The summed E-state index contributed by atoms with van der Waals surface area (Å²) in [4.78, 5) is 1.79. The van der Waals surface area contributed by atoms with Gasteiger partial charge >= 0.3 is 0 Å². The Kier molecular flexibility index (Phi) is 7.05. The van der Waals surface area contributed by atoms with Crippen LogP contribution < -0.4 is 9.47 Å². The van der Waals surface area contributed by atoms with Gasteiger partial charge in [-0.25, -0.2) is 16.8 Å². The summed E-state index contributed by atoms with van der Waals surface area (Å²) in [5.41, 5.74) is 0. The monoisotopic (exact) mass is 423 g/mol. The standard InChI is InChI=1S/C15H24N2O8S2/c1-24-14-4-3-13(9-15(14)25-2)27(22,23)17-7-5-16(6-8-17)10-12(18)11-26(19,20)21/h3-4,9,12,18H,5-8,10-11H2,1-2H3,(H,19,20,21)/p-1. The molecule has 1 unspecified atom stereocenters. The minimum Gasteiger partial charge on any atom is -0.748 e. The highest BCUT2D eigenvalue weighted by Crippen LogP contribution is 2.30. The van der Waals surface area contributed by atoms with Crippen molar-refractivity contribution in [1.29, 1.82) is 0 Å². The van der Waals surface area contributed by atoms with Crippen molar-refractivity contribution in [2.24, 2.45) is 0 Å². The third-order valence-corrected chi connectivity index (χ3v) is 6.88. The van der Waals surface area contributed by atoms with Gasteiger partial charge in [-0.1, -0.05) is 0 Å². The van der Waals surface area contributed by atoms with Crippen molar-refractivity contribution in [3.8, 4) is 11.5 Å². The third-order valence-electron chi connectivity index (χ3n) is 4.19. The molecule has 154 valence electrons. The fourth-order valence-corrected chi connectivity index (χ4v) is 4.88. The molecule has 1 fully saturated rings. The van der Waals surface area contributed by atoms with Gasteiger partial charge in [-0.3, -0.25) is 4.90 Å². The van der Waals surface area contributed by atoms with E-state index in [1.807, 2.05) is 0 Å². The number of piperazine rings is 1. The predicted octanol–water partition coefficient (Wildman–Crippen LogP) is -1.08. The van der Waals surface area contributed by atoms with Crippen LogP contribution in [0.25, 0.3) is 0 Å². The van der Waals surface area contributed by atoms with Crippen LogP contribution in [0.15, 0.2) is 23.1 Å². The molecule has 0 aliphatic carbocycles. The number of hydrogen-bond acceptors (Lipinski definition) is 9. The Hall–Kier alpha value is -1.44. The van der Waals surface area contributed by atoms with Gasteiger partial charge in [-0.15, -0.1) is 0 Å². The van der Waals surface area contributed by atoms with Crippen molar-refractivity contribution in [2.45, 2.75) is 11.0 Å². The maximum absolute atomic E-state index is 12.8. The van der Waals surface area contributed by atoms with E-state index in [0.29, 0.717) is 24.6 Å². The van der Waals surface area contributed by atoms with Crippen molar-refractivity contribution >= 4 is 20.1 Å². The zero-order valence-corrected chi connectivity index (χ0v) is 16.7. The average molecular weight is 423 g/mol. The molecule has 1 N–H and O–H groups in total. The molecule has 27 heavy (non-hydrogen) atoms. The summed E-state index contributed by atoms with van der Waals surface area (Å²) in [5.74, 6) is -0.139. The molecule has 0 saturated carbocycles. The number of sulfonamides is 1. The lowest BCUT2D eigenvalue weighted by atomic mass is 10.3. The van der Waals surface area contributed by atoms with Crippen molar-refractivity contribution in [2.75, 3.05) is 52.7 Å². The number of nitrogens with zero attached hydrogens (tertiary/aromatic N) is 2. The van der Waals surface area contributed by atoms with Crippen LogP contribution in [0.1, 0.15) is 0 Å². The maximum atomic E-state index is 12.8. The Labute approximate surface area is 159 Å². The van der Waals surface area contributed by atoms with Gasteiger partial charge in [-0.05, 0) is 12.1 Å². The van der Waals surface area contributed by atoms with E-state index < -0.39 is 32.0 Å². The SMILES string of the molecule is COc1ccc(S(=O)(=O)N2CCN(CC(O)CS(=O)(=O)[O-])CC2)cc1OC. The summed E-state index contributed by atoms with van der Waals surface area (Å²) in [6.45, 7) is 0.956. The first kappa shape index (κ1) is 21.9. The molecule has 1 heterocycles. The van der Waals surface area contributed by atoms with E-state index in [-0.39, 0.29) is 24.5 Å². The smallest absolute Gasteiger partial charge is 0.243 e. The fraction of sp³-hybridized carbons (Fsp3) is 0.600. The van der Waals surface area contributed by atoms with Gasteiger partial charge in [-0.2, -0.15) is 4.31 Å². The van der Waals surface area contributed by atoms with Gasteiger partial charge in [0.2, 0.25) is 10.0 Å². The van der Waals surface area contributed by atoms with Crippen LogP contribution in [0.3, 0.4) is 0 Å². The molecule has 0 amide bonds. The molecule has 2 rings (SSSR count). The Balaban J connectivity index is 2.02. The fourth-order valence-electron chi connectivity index (χ4n) is 2.86. The lowest BCUT2D eigenvalue weighted by Crippen LogP contribution is -2.50. The molecule has 1 aliphatic rings. The highest BCUT2D eigenvalue weighted by atomic mass is 32.2. The first-order valence-electron chi connectivity index (χ1n) is 8.13. The van der Waals surface area contributed by atoms with Gasteiger partial charge < -0.3 is 19.1 Å². The summed E-state index contributed by atoms with van der Waals surface area (Å²) in [7, 11) is -5.38. The van der Waals surface area contributed by atoms with E-state index in [9.17, 15) is 26.5 Å². The minimum atomic E-state index is -4.51. The number of methoxy groups -OCH3 is 2. The van der Waals surface area contributed by atoms with Crippen molar-refractivity contribution < 1.29 is 36.0 Å². The number of hydrogen-bond donors (Lipinski definition) is 1. The molecule has 0 bridgehead atoms. The zero-order valence-electron chi connectivity index (χ0n) is 15.1. The first-order valence-corrected chi connectivity index (χ1v) is 11.1. The number of aliphatic hydroxyl groups excluding tert-OH is 1. The van der Waals surface area contributed by atoms with Crippen LogP contribution in [-0.4, -0.2) is 94.5 Å². The second kappa shape index (κ2) is 8.71. The number of aliphatic hydroxyl groups is 1. The molecular formula is C15H23N2O8S2-. The number of benzene rings is 1. The van der Waals surface area contributed by atoms with Gasteiger partial charge in [0.15, 0.2) is 11.5 Å². The van der Waals surface area contributed by atoms with Crippen molar-refractivity contribution in [3.63, 3.8) is 0 Å². The van der Waals surface area contributed by atoms with Gasteiger partial charge in [0.1, 0.15) is 0 Å². The van der Waals surface area contributed by atoms with Crippen LogP contribution in [0, 0.1) is 0 Å². The van der Waals surface area contributed by atoms with Gasteiger partial charge in [0.05, 0.1) is 41.1 Å². The number of rotatable bonds is 8. The Morgan fingerprint density at radius 2 is 1.67 bits per heavy atom. The molecule has 0 aromatic heterocycles. The molecule has 1 atom stereocenters. The Morgan fingerprint density at radius 3 is 2.19 bits per heavy atom. The largest absolute Gasteiger partial charge is 0.748 e. The quantitative estimate of drug-likeness (QED) is 0.517. The Morgan fingerprint density at radius 1 is 1.07 bits per heavy atom. The van der Waals surface area contributed by atoms with E-state index in [1.54, 1.807) is 4.90 Å². The van der Waals surface area contributed by atoms with Crippen LogP contribution in [0.4, 0.5) is 0 Å². The van der Waals surface area contributed by atoms with E-state index >= 15 is 0 Å². The van der Waals surface area contributed by atoms with Crippen molar-refractivity contribution in [1.82, 2.24) is 9.21 Å². The summed E-state index contributed by atoms with van der Waals surface area (Å²) in [6, 6.07) is 4.34. The summed E-state index contributed by atoms with van der Waals surface area (Å²) in [6.07, 6.45) is -1.30. The van der Waals surface area contributed by atoms with E-state index in [4.69, 9.17) is 9.47 Å². The molecule has 1 aromatic rings. The van der Waals surface area contributed by atoms with Crippen LogP contribution >= 0.6 is 0 Å². The maximum Gasteiger partial charge on any atom is 0.243 e. The highest BCUT2D eigenvalue weighted by molar-refractivity contribution is 7.89. The zero-order chi connectivity index (χ0) is 20.2. The Bertz CT molecular complexity index is 849. The molecule has 1 aliphatic heterocycles. The second-order valence-corrected chi connectivity index (χ2v) is 9.49. The number of ether oxygens (including phenoxy) is 2. The second-order valence-electron chi connectivity index (χ2n) is 6.10. The normalized spacial score (nSPS) is 18.2. The molecule has 0 radical (unpaired) electrons. The number of β-amino-alcohol motifs (C(OH)–C–C–N with tert-alkyl or cyclic N) is 1. The molecular weight excluding hydrogens is 400 g/mol. The lowest BCUT2D eigenvalue weighted by Gasteiger charge is -2.35. The van der Waals surface area contributed by atoms with Crippen LogP contribution in [-0.2, 0) is 20.1 Å². The van der Waals surface area contributed by atoms with E-state index in [1.165, 1.54) is 36.7 Å². The minimum absolute atomic E-state index is 0.00822. The average Bonchev–Trinajstić information content (AvgIpc) is 2.59. The third kappa shape index (κ3) is 5.77. The molecule has 12 heteroatoms. The predicted molar refractivity (Wildman–Crippen MR) is 95.3 cm³/mol. The molecule has 10 nitrogen and oxygen atoms in total. The van der Waals surface area contributed by atoms with Crippen LogP contribution in [0.2, 0.25) is 0 Å². The van der Waals surface area contributed by atoms with Gasteiger partial charge in [0.25, 0.3) is 0 Å². The topological polar surface area (TPSA) is 137 Å². The van der Waals surface area contributed by atoms with E-state index in [2.05, 4.69) is 0 Å². The van der Waals surface area contributed by atoms with Gasteiger partial charge in [0, 0.05) is 38.8 Å². The van der Waals surface area contributed by atoms with Crippen molar-refractivity contribution in [3.05, 3.63) is 18.2 Å². The summed E-state index contributed by atoms with van der Waals surface area (Å²) in [5, 5.41) is 9.67. The molecule has 1 saturated heterocycles. The summed E-state index contributed by atoms with van der Waals surface area (Å²) < 4.78 is 69.2. The molecule has 1 aromatic carbocycles. The lowest BCUT2D eigenvalue weighted by molar-refractivity contribution is 0.104. The van der Waals surface area contributed by atoms with E-state index in [0.717, 1.165) is 0 Å². The summed E-state index contributed by atoms with van der Waals surface area (Å²) >= 11 is 0.